The van der Waals surface area contributed by atoms with Gasteiger partial charge in [-0.05, 0) is 67.3 Å². The van der Waals surface area contributed by atoms with E-state index >= 15 is 0 Å². The molecule has 0 saturated heterocycles. The molecule has 0 bridgehead atoms. The van der Waals surface area contributed by atoms with Gasteiger partial charge in [0, 0.05) is 0 Å². The van der Waals surface area contributed by atoms with E-state index < -0.39 is 0 Å². The predicted octanol–water partition coefficient (Wildman–Crippen LogP) is 5.43. The molecule has 158 valence electrons. The number of benzene rings is 2. The van der Waals surface area contributed by atoms with Gasteiger partial charge in [0.15, 0.2) is 0 Å². The van der Waals surface area contributed by atoms with Gasteiger partial charge in [-0.3, -0.25) is 9.59 Å². The van der Waals surface area contributed by atoms with E-state index in [1.807, 2.05) is 51.1 Å². The second-order valence-electron chi connectivity index (χ2n) is 7.49. The molecule has 0 saturated carbocycles. The summed E-state index contributed by atoms with van der Waals surface area (Å²) in [6, 6.07) is 14.9. The number of anilines is 1. The highest BCUT2D eigenvalue weighted by Gasteiger charge is 2.41. The van der Waals surface area contributed by atoms with Crippen LogP contribution in [0.4, 0.5) is 5.69 Å². The molecular weight excluding hydrogens is 410 g/mol. The van der Waals surface area contributed by atoms with Crippen LogP contribution in [-0.4, -0.2) is 18.9 Å². The number of carbonyl (C=O) groups is 2. The van der Waals surface area contributed by atoms with Crippen molar-refractivity contribution in [3.8, 4) is 5.75 Å². The molecule has 0 atom stereocenters. The number of imide groups is 1. The summed E-state index contributed by atoms with van der Waals surface area (Å²) in [5.41, 5.74) is 4.72. The molecule has 0 radical (unpaired) electrons. The summed E-state index contributed by atoms with van der Waals surface area (Å²) in [5, 5.41) is 0. The molecule has 6 heteroatoms. The molecular formula is C25H23NO4S. The summed E-state index contributed by atoms with van der Waals surface area (Å²) < 4.78 is 10.9. The topological polar surface area (TPSA) is 59.8 Å². The number of aryl methyl sites for hydroxylation is 3. The van der Waals surface area contributed by atoms with Gasteiger partial charge in [-0.15, -0.1) is 11.8 Å². The average molecular weight is 434 g/mol. The van der Waals surface area contributed by atoms with Crippen LogP contribution in [0.2, 0.25) is 0 Å². The Labute approximate surface area is 185 Å². The molecule has 1 aliphatic rings. The summed E-state index contributed by atoms with van der Waals surface area (Å²) in [6.07, 6.45) is 1.60. The van der Waals surface area contributed by atoms with Gasteiger partial charge in [0.1, 0.15) is 11.5 Å². The van der Waals surface area contributed by atoms with Crippen molar-refractivity contribution in [1.29, 1.82) is 0 Å². The Bertz CT molecular complexity index is 1190. The van der Waals surface area contributed by atoms with Crippen molar-refractivity contribution in [1.82, 2.24) is 0 Å². The van der Waals surface area contributed by atoms with Crippen LogP contribution in [0.1, 0.15) is 28.0 Å². The maximum atomic E-state index is 13.6. The highest BCUT2D eigenvalue weighted by molar-refractivity contribution is 8.03. The van der Waals surface area contributed by atoms with Crippen LogP contribution in [0.25, 0.3) is 5.57 Å². The van der Waals surface area contributed by atoms with E-state index in [4.69, 9.17) is 9.15 Å². The smallest absolute Gasteiger partial charge is 0.272 e. The zero-order chi connectivity index (χ0) is 22.1. The SMILES string of the molecule is COc1ccc(C)cc1N1C(=O)C(SCc2ccco2)=C(c2ccc(C)c(C)c2)C1=O. The Balaban J connectivity index is 1.81. The van der Waals surface area contributed by atoms with E-state index in [2.05, 4.69) is 0 Å². The minimum absolute atomic E-state index is 0.348. The minimum Gasteiger partial charge on any atom is -0.495 e. The fourth-order valence-electron chi connectivity index (χ4n) is 3.53. The van der Waals surface area contributed by atoms with Gasteiger partial charge in [-0.2, -0.15) is 0 Å². The number of nitrogens with zero attached hydrogens (tertiary/aromatic N) is 1. The molecule has 2 amide bonds. The Morgan fingerprint density at radius 2 is 1.77 bits per heavy atom. The van der Waals surface area contributed by atoms with Crippen molar-refractivity contribution in [2.45, 2.75) is 26.5 Å². The van der Waals surface area contributed by atoms with Crippen LogP contribution in [0.3, 0.4) is 0 Å². The van der Waals surface area contributed by atoms with Crippen molar-refractivity contribution in [3.63, 3.8) is 0 Å². The van der Waals surface area contributed by atoms with Crippen molar-refractivity contribution < 1.29 is 18.7 Å². The van der Waals surface area contributed by atoms with Gasteiger partial charge in [-0.1, -0.05) is 24.3 Å². The fraction of sp³-hybridized carbons (Fsp3) is 0.200. The first-order valence-corrected chi connectivity index (χ1v) is 10.9. The summed E-state index contributed by atoms with van der Waals surface area (Å²) in [5.74, 6) is 0.972. The zero-order valence-electron chi connectivity index (χ0n) is 17.9. The summed E-state index contributed by atoms with van der Waals surface area (Å²) >= 11 is 1.32. The van der Waals surface area contributed by atoms with Gasteiger partial charge in [0.05, 0.1) is 35.3 Å². The number of furan rings is 1. The van der Waals surface area contributed by atoms with E-state index in [1.54, 1.807) is 24.5 Å². The quantitative estimate of drug-likeness (QED) is 0.485. The van der Waals surface area contributed by atoms with Crippen molar-refractivity contribution >= 4 is 34.8 Å². The lowest BCUT2D eigenvalue weighted by Crippen LogP contribution is -2.31. The van der Waals surface area contributed by atoms with Gasteiger partial charge in [0.2, 0.25) is 0 Å². The molecule has 1 aliphatic heterocycles. The van der Waals surface area contributed by atoms with Crippen LogP contribution in [0, 0.1) is 20.8 Å². The second kappa shape index (κ2) is 8.47. The Morgan fingerprint density at radius 1 is 0.968 bits per heavy atom. The molecule has 0 spiro atoms. The lowest BCUT2D eigenvalue weighted by atomic mass is 10.0. The van der Waals surface area contributed by atoms with Gasteiger partial charge >= 0.3 is 0 Å². The van der Waals surface area contributed by atoms with E-state index in [-0.39, 0.29) is 11.8 Å². The summed E-state index contributed by atoms with van der Waals surface area (Å²) in [7, 11) is 1.53. The van der Waals surface area contributed by atoms with Crippen molar-refractivity contribution in [3.05, 3.63) is 87.7 Å². The first-order chi connectivity index (χ1) is 14.9. The van der Waals surface area contributed by atoms with Crippen molar-refractivity contribution in [2.24, 2.45) is 0 Å². The maximum absolute atomic E-state index is 13.6. The Morgan fingerprint density at radius 3 is 2.45 bits per heavy atom. The number of rotatable bonds is 6. The normalized spacial score (nSPS) is 14.0. The number of hydrogen-bond acceptors (Lipinski definition) is 5. The highest BCUT2D eigenvalue weighted by atomic mass is 32.2. The van der Waals surface area contributed by atoms with Crippen molar-refractivity contribution in [2.75, 3.05) is 12.0 Å². The number of carbonyl (C=O) groups excluding carboxylic acids is 2. The number of thioether (sulfide) groups is 1. The summed E-state index contributed by atoms with van der Waals surface area (Å²) in [4.78, 5) is 28.8. The number of amides is 2. The minimum atomic E-state index is -0.348. The largest absolute Gasteiger partial charge is 0.495 e. The third-order valence-corrected chi connectivity index (χ3v) is 6.45. The third-order valence-electron chi connectivity index (χ3n) is 5.35. The van der Waals surface area contributed by atoms with Gasteiger partial charge in [-0.25, -0.2) is 4.90 Å². The van der Waals surface area contributed by atoms with E-state index in [0.717, 1.165) is 28.0 Å². The van der Waals surface area contributed by atoms with Gasteiger partial charge in [0.25, 0.3) is 11.8 Å². The molecule has 4 rings (SSSR count). The lowest BCUT2D eigenvalue weighted by molar-refractivity contribution is -0.119. The maximum Gasteiger partial charge on any atom is 0.272 e. The van der Waals surface area contributed by atoms with E-state index in [9.17, 15) is 9.59 Å². The molecule has 1 aromatic heterocycles. The van der Waals surface area contributed by atoms with Crippen LogP contribution in [-0.2, 0) is 15.3 Å². The third kappa shape index (κ3) is 3.91. The van der Waals surface area contributed by atoms with E-state index in [1.165, 1.54) is 23.8 Å². The molecule has 0 fully saturated rings. The van der Waals surface area contributed by atoms with Crippen LogP contribution >= 0.6 is 11.8 Å². The molecule has 31 heavy (non-hydrogen) atoms. The lowest BCUT2D eigenvalue weighted by Gasteiger charge is -2.19. The highest BCUT2D eigenvalue weighted by Crippen LogP contribution is 2.42. The fourth-order valence-corrected chi connectivity index (χ4v) is 4.54. The Kier molecular flexibility index (Phi) is 5.74. The average Bonchev–Trinajstić information content (AvgIpc) is 3.34. The van der Waals surface area contributed by atoms with Crippen LogP contribution in [0.15, 0.2) is 64.1 Å². The predicted molar refractivity (Wildman–Crippen MR) is 123 cm³/mol. The molecule has 2 heterocycles. The second-order valence-corrected chi connectivity index (χ2v) is 8.48. The van der Waals surface area contributed by atoms with E-state index in [0.29, 0.717) is 27.7 Å². The van der Waals surface area contributed by atoms with Crippen LogP contribution in [0.5, 0.6) is 5.75 Å². The molecule has 2 aromatic carbocycles. The number of methoxy groups -OCH3 is 1. The molecule has 3 aromatic rings. The molecule has 0 unspecified atom stereocenters. The first kappa shape index (κ1) is 21.0. The number of ether oxygens (including phenoxy) is 1. The number of hydrogen-bond donors (Lipinski definition) is 0. The summed E-state index contributed by atoms with van der Waals surface area (Å²) in [6.45, 7) is 5.93. The molecule has 0 aliphatic carbocycles. The van der Waals surface area contributed by atoms with Gasteiger partial charge < -0.3 is 9.15 Å². The molecule has 5 nitrogen and oxygen atoms in total. The monoisotopic (exact) mass is 433 g/mol. The first-order valence-electron chi connectivity index (χ1n) is 9.91. The molecule has 0 N–H and O–H groups in total. The zero-order valence-corrected chi connectivity index (χ0v) is 18.7. The standard InChI is InChI=1S/C25H23NO4S/c1-15-7-10-21(29-4)20(12-15)26-24(27)22(18-9-8-16(2)17(3)13-18)23(25(26)28)31-14-19-6-5-11-30-19/h5-13H,14H2,1-4H3. The van der Waals surface area contributed by atoms with Crippen LogP contribution < -0.4 is 9.64 Å². The Hall–Kier alpha value is -3.25.